The number of amides is 1. The van der Waals surface area contributed by atoms with Crippen molar-refractivity contribution in [2.24, 2.45) is 0 Å². The van der Waals surface area contributed by atoms with E-state index in [1.54, 1.807) is 0 Å². The van der Waals surface area contributed by atoms with Crippen molar-refractivity contribution in [3.8, 4) is 5.75 Å². The molecule has 5 nitrogen and oxygen atoms in total. The van der Waals surface area contributed by atoms with Crippen molar-refractivity contribution in [3.63, 3.8) is 0 Å². The lowest BCUT2D eigenvalue weighted by Gasteiger charge is -2.16. The summed E-state index contributed by atoms with van der Waals surface area (Å²) < 4.78 is 8.43. The summed E-state index contributed by atoms with van der Waals surface area (Å²) in [4.78, 5) is 15.2. The summed E-state index contributed by atoms with van der Waals surface area (Å²) in [5, 5.41) is 2.72. The van der Waals surface area contributed by atoms with Crippen molar-refractivity contribution in [2.75, 3.05) is 13.2 Å². The molecule has 0 unspecified atom stereocenters. The summed E-state index contributed by atoms with van der Waals surface area (Å²) in [5.74, 6) is 2.42. The first-order valence-corrected chi connectivity index (χ1v) is 9.94. The van der Waals surface area contributed by atoms with E-state index in [1.165, 1.54) is 11.1 Å². The Bertz CT molecular complexity index is 931. The van der Waals surface area contributed by atoms with Gasteiger partial charge in [-0.25, -0.2) is 4.98 Å². The van der Waals surface area contributed by atoms with Crippen molar-refractivity contribution in [3.05, 3.63) is 59.4 Å². The van der Waals surface area contributed by atoms with Crippen molar-refractivity contribution in [2.45, 2.75) is 46.1 Å². The summed E-state index contributed by atoms with van der Waals surface area (Å²) in [6.45, 7) is 8.44. The van der Waals surface area contributed by atoms with Gasteiger partial charge in [0, 0.05) is 13.0 Å². The fraction of sp³-hybridized carbons (Fsp3) is 0.391. The lowest BCUT2D eigenvalue weighted by atomic mass is 10.0. The average molecular weight is 380 g/mol. The first kappa shape index (κ1) is 19.9. The predicted molar refractivity (Wildman–Crippen MR) is 113 cm³/mol. The van der Waals surface area contributed by atoms with Gasteiger partial charge in [-0.1, -0.05) is 38.1 Å². The normalized spacial score (nSPS) is 11.1. The van der Waals surface area contributed by atoms with Crippen molar-refractivity contribution >= 4 is 17.4 Å². The first-order chi connectivity index (χ1) is 13.6. The van der Waals surface area contributed by atoms with Crippen LogP contribution in [0.2, 0.25) is 0 Å². The third-order valence-electron chi connectivity index (χ3n) is 4.90. The fourth-order valence-electron chi connectivity index (χ4n) is 3.46. The highest BCUT2D eigenvalue weighted by Crippen LogP contribution is 2.27. The third kappa shape index (κ3) is 4.71. The Kier molecular flexibility index (Phi) is 6.69. The minimum Gasteiger partial charge on any atom is -0.491 e. The van der Waals surface area contributed by atoms with Gasteiger partial charge in [-0.2, -0.15) is 0 Å². The van der Waals surface area contributed by atoms with E-state index in [0.29, 0.717) is 19.1 Å². The molecule has 5 heteroatoms. The quantitative estimate of drug-likeness (QED) is 0.424. The zero-order valence-electron chi connectivity index (χ0n) is 16.9. The molecular formula is C23H29N3O2. The maximum absolute atomic E-state index is 10.5. The number of hydrogen-bond donors (Lipinski definition) is 1. The first-order valence-electron chi connectivity index (χ1n) is 9.94. The molecule has 0 aliphatic heterocycles. The Balaban J connectivity index is 1.75. The van der Waals surface area contributed by atoms with Crippen LogP contribution in [0.25, 0.3) is 11.0 Å². The second-order valence-electron chi connectivity index (χ2n) is 7.39. The Labute approximate surface area is 166 Å². The number of benzene rings is 2. The minimum absolute atomic E-state index is 0.422. The van der Waals surface area contributed by atoms with Crippen LogP contribution in [-0.4, -0.2) is 29.1 Å². The highest BCUT2D eigenvalue weighted by molar-refractivity contribution is 5.75. The van der Waals surface area contributed by atoms with Crippen LogP contribution in [0.4, 0.5) is 0 Å². The Morgan fingerprint density at radius 3 is 2.82 bits per heavy atom. The number of nitrogens with one attached hydrogen (secondary N) is 1. The van der Waals surface area contributed by atoms with Gasteiger partial charge in [0.2, 0.25) is 6.41 Å². The molecule has 3 aromatic rings. The van der Waals surface area contributed by atoms with Gasteiger partial charge in [0.15, 0.2) is 0 Å². The number of aryl methyl sites for hydroxylation is 2. The minimum atomic E-state index is 0.422. The van der Waals surface area contributed by atoms with E-state index >= 15 is 0 Å². The smallest absolute Gasteiger partial charge is 0.207 e. The molecule has 148 valence electrons. The number of rotatable bonds is 10. The molecule has 1 N–H and O–H groups in total. The number of nitrogens with zero attached hydrogens (tertiary/aromatic N) is 2. The van der Waals surface area contributed by atoms with Gasteiger partial charge in [-0.05, 0) is 48.6 Å². The van der Waals surface area contributed by atoms with Gasteiger partial charge in [-0.3, -0.25) is 4.79 Å². The van der Waals surface area contributed by atoms with Crippen molar-refractivity contribution in [1.29, 1.82) is 0 Å². The largest absolute Gasteiger partial charge is 0.491 e. The summed E-state index contributed by atoms with van der Waals surface area (Å²) in [6, 6.07) is 14.6. The van der Waals surface area contributed by atoms with Crippen LogP contribution in [0.15, 0.2) is 42.5 Å². The van der Waals surface area contributed by atoms with Gasteiger partial charge in [0.05, 0.1) is 17.6 Å². The molecule has 3 rings (SSSR count). The van der Waals surface area contributed by atoms with Crippen LogP contribution >= 0.6 is 0 Å². The molecule has 28 heavy (non-hydrogen) atoms. The Hall–Kier alpha value is -2.82. The van der Waals surface area contributed by atoms with Crippen molar-refractivity contribution < 1.29 is 9.53 Å². The summed E-state index contributed by atoms with van der Waals surface area (Å²) in [5.41, 5.74) is 4.56. The van der Waals surface area contributed by atoms with Gasteiger partial charge >= 0.3 is 0 Å². The molecule has 0 spiro atoms. The highest BCUT2D eigenvalue weighted by Gasteiger charge is 2.12. The van der Waals surface area contributed by atoms with Crippen LogP contribution < -0.4 is 10.1 Å². The third-order valence-corrected chi connectivity index (χ3v) is 4.90. The second-order valence-corrected chi connectivity index (χ2v) is 7.39. The number of carbonyl (C=O) groups is 1. The molecule has 0 radical (unpaired) electrons. The number of carbonyl (C=O) groups excluding carboxylic acids is 1. The zero-order valence-corrected chi connectivity index (χ0v) is 16.9. The molecule has 0 saturated carbocycles. The van der Waals surface area contributed by atoms with E-state index in [4.69, 9.17) is 9.72 Å². The number of fused-ring (bicyclic) bond motifs is 1. The lowest BCUT2D eigenvalue weighted by Crippen LogP contribution is -2.15. The summed E-state index contributed by atoms with van der Waals surface area (Å²) in [7, 11) is 0. The van der Waals surface area contributed by atoms with E-state index in [1.807, 2.05) is 18.2 Å². The molecule has 0 atom stereocenters. The number of para-hydroxylation sites is 2. The van der Waals surface area contributed by atoms with Gasteiger partial charge in [0.1, 0.15) is 18.2 Å². The van der Waals surface area contributed by atoms with E-state index in [9.17, 15) is 4.79 Å². The Morgan fingerprint density at radius 2 is 2.04 bits per heavy atom. The van der Waals surface area contributed by atoms with Crippen LogP contribution in [-0.2, 0) is 17.8 Å². The second kappa shape index (κ2) is 9.40. The van der Waals surface area contributed by atoms with E-state index in [2.05, 4.69) is 54.9 Å². The Morgan fingerprint density at radius 1 is 1.21 bits per heavy atom. The molecule has 0 saturated heterocycles. The van der Waals surface area contributed by atoms with Gasteiger partial charge < -0.3 is 14.6 Å². The van der Waals surface area contributed by atoms with E-state index < -0.39 is 0 Å². The monoisotopic (exact) mass is 379 g/mol. The van der Waals surface area contributed by atoms with Crippen LogP contribution in [0.5, 0.6) is 5.75 Å². The van der Waals surface area contributed by atoms with Gasteiger partial charge in [0.25, 0.3) is 0 Å². The molecule has 2 aromatic carbocycles. The molecule has 0 bridgehead atoms. The fourth-order valence-corrected chi connectivity index (χ4v) is 3.46. The molecule has 1 heterocycles. The van der Waals surface area contributed by atoms with Crippen LogP contribution in [0, 0.1) is 6.92 Å². The molecule has 0 fully saturated rings. The topological polar surface area (TPSA) is 56.1 Å². The number of ether oxygens (including phenoxy) is 1. The highest BCUT2D eigenvalue weighted by atomic mass is 16.5. The van der Waals surface area contributed by atoms with E-state index in [-0.39, 0.29) is 0 Å². The molecule has 1 aromatic heterocycles. The maximum atomic E-state index is 10.5. The molecule has 1 amide bonds. The SMILES string of the molecule is Cc1ccc(C(C)C)c(OCCn2c(CCCNC=O)nc3ccccc32)c1. The van der Waals surface area contributed by atoms with Gasteiger partial charge in [-0.15, -0.1) is 0 Å². The number of imidazole rings is 1. The average Bonchev–Trinajstić information content (AvgIpc) is 3.03. The van der Waals surface area contributed by atoms with Crippen molar-refractivity contribution in [1.82, 2.24) is 14.9 Å². The molecule has 0 aliphatic carbocycles. The number of hydrogen-bond acceptors (Lipinski definition) is 3. The standard InChI is InChI=1S/C23H29N3O2/c1-17(2)19-11-10-18(3)15-22(19)28-14-13-26-21-8-5-4-7-20(21)25-23(26)9-6-12-24-16-27/h4-5,7-8,10-11,15-17H,6,9,12-14H2,1-3H3,(H,24,27). The predicted octanol–water partition coefficient (Wildman–Crippen LogP) is 4.23. The van der Waals surface area contributed by atoms with E-state index in [0.717, 1.165) is 48.4 Å². The van der Waals surface area contributed by atoms with Crippen LogP contribution in [0.3, 0.4) is 0 Å². The summed E-state index contributed by atoms with van der Waals surface area (Å²) >= 11 is 0. The molecule has 0 aliphatic rings. The number of aromatic nitrogens is 2. The summed E-state index contributed by atoms with van der Waals surface area (Å²) in [6.07, 6.45) is 2.42. The van der Waals surface area contributed by atoms with Crippen LogP contribution in [0.1, 0.15) is 43.1 Å². The molecular weight excluding hydrogens is 350 g/mol. The maximum Gasteiger partial charge on any atom is 0.207 e. The lowest BCUT2D eigenvalue weighted by molar-refractivity contribution is -0.109. The zero-order chi connectivity index (χ0) is 19.9.